The number of aryl methyl sites for hydroxylation is 1. The molecule has 0 aliphatic carbocycles. The lowest BCUT2D eigenvalue weighted by atomic mass is 9.94. The molecule has 0 amide bonds. The summed E-state index contributed by atoms with van der Waals surface area (Å²) < 4.78 is 13.9. The molecule has 1 rings (SSSR count). The van der Waals surface area contributed by atoms with E-state index in [0.717, 1.165) is 147 Å². The first kappa shape index (κ1) is 56.1. The first-order chi connectivity index (χ1) is 29.5. The standard InChI is InChI=1S/C52H99N3O5/c1-5-9-13-17-19-27-37-48(35-25-15-11-7-3)51(57)59-43-33-23-21-29-39-54(45-50-46-55(47-53-50)41-31-32-42-56)40-30-22-24-34-44-60-52(58)49(36-26-16-12-8-4)38-28-20-18-14-10-6-2/h46-49,56H,5-45H2,1-4H3. The van der Waals surface area contributed by atoms with Gasteiger partial charge in [-0.2, -0.15) is 0 Å². The van der Waals surface area contributed by atoms with Crippen LogP contribution in [0.4, 0.5) is 0 Å². The van der Waals surface area contributed by atoms with Gasteiger partial charge in [-0.1, -0.05) is 182 Å². The molecule has 1 heterocycles. The third kappa shape index (κ3) is 32.7. The van der Waals surface area contributed by atoms with Gasteiger partial charge in [-0.3, -0.25) is 14.5 Å². The maximum atomic E-state index is 13.1. The van der Waals surface area contributed by atoms with Gasteiger partial charge in [-0.15, -0.1) is 0 Å². The van der Waals surface area contributed by atoms with Crippen molar-refractivity contribution >= 4 is 11.9 Å². The normalized spacial score (nSPS) is 12.6. The zero-order valence-corrected chi connectivity index (χ0v) is 40.2. The lowest BCUT2D eigenvalue weighted by Gasteiger charge is -2.21. The fourth-order valence-electron chi connectivity index (χ4n) is 8.42. The zero-order valence-electron chi connectivity index (χ0n) is 40.2. The quantitative estimate of drug-likeness (QED) is 0.0516. The van der Waals surface area contributed by atoms with E-state index in [4.69, 9.17) is 14.5 Å². The number of aliphatic hydroxyl groups excluding tert-OH is 1. The summed E-state index contributed by atoms with van der Waals surface area (Å²) in [5.41, 5.74) is 1.10. The molecule has 0 radical (unpaired) electrons. The van der Waals surface area contributed by atoms with Gasteiger partial charge in [0.25, 0.3) is 0 Å². The molecule has 1 N–H and O–H groups in total. The molecule has 0 aromatic carbocycles. The Labute approximate surface area is 371 Å². The molecule has 0 fully saturated rings. The van der Waals surface area contributed by atoms with Crippen LogP contribution in [0.25, 0.3) is 0 Å². The van der Waals surface area contributed by atoms with Crippen LogP contribution in [-0.2, 0) is 32.2 Å². The van der Waals surface area contributed by atoms with Crippen LogP contribution < -0.4 is 0 Å². The summed E-state index contributed by atoms with van der Waals surface area (Å²) in [5, 5.41) is 9.19. The summed E-state index contributed by atoms with van der Waals surface area (Å²) in [6, 6.07) is 0. The van der Waals surface area contributed by atoms with E-state index in [-0.39, 0.29) is 30.4 Å². The van der Waals surface area contributed by atoms with E-state index < -0.39 is 0 Å². The first-order valence-corrected chi connectivity index (χ1v) is 26.2. The molecule has 0 aliphatic rings. The molecule has 0 aliphatic heterocycles. The van der Waals surface area contributed by atoms with E-state index in [1.807, 2.05) is 6.33 Å². The third-order valence-corrected chi connectivity index (χ3v) is 12.4. The molecule has 60 heavy (non-hydrogen) atoms. The van der Waals surface area contributed by atoms with Crippen molar-refractivity contribution < 1.29 is 24.2 Å². The van der Waals surface area contributed by atoms with Crippen LogP contribution in [0.5, 0.6) is 0 Å². The minimum absolute atomic E-state index is 0.0469. The van der Waals surface area contributed by atoms with Gasteiger partial charge in [-0.25, -0.2) is 4.98 Å². The summed E-state index contributed by atoms with van der Waals surface area (Å²) in [6.07, 6.45) is 43.2. The predicted molar refractivity (Wildman–Crippen MR) is 253 cm³/mol. The first-order valence-electron chi connectivity index (χ1n) is 26.2. The smallest absolute Gasteiger partial charge is 0.308 e. The second-order valence-corrected chi connectivity index (χ2v) is 18.2. The van der Waals surface area contributed by atoms with Crippen LogP contribution in [0.1, 0.15) is 252 Å². The average molecular weight is 846 g/mol. The lowest BCUT2D eigenvalue weighted by molar-refractivity contribution is -0.150. The highest BCUT2D eigenvalue weighted by Crippen LogP contribution is 2.22. The van der Waals surface area contributed by atoms with Gasteiger partial charge in [0.2, 0.25) is 0 Å². The highest BCUT2D eigenvalue weighted by molar-refractivity contribution is 5.72. The van der Waals surface area contributed by atoms with Crippen molar-refractivity contribution in [3.05, 3.63) is 18.2 Å². The molecule has 0 bridgehead atoms. The predicted octanol–water partition coefficient (Wildman–Crippen LogP) is 14.3. The molecule has 0 spiro atoms. The van der Waals surface area contributed by atoms with Gasteiger partial charge in [0.1, 0.15) is 0 Å². The summed E-state index contributed by atoms with van der Waals surface area (Å²) in [7, 11) is 0. The highest BCUT2D eigenvalue weighted by Gasteiger charge is 2.20. The minimum atomic E-state index is 0.0469. The van der Waals surface area contributed by atoms with Gasteiger partial charge in [-0.05, 0) is 77.3 Å². The van der Waals surface area contributed by atoms with E-state index in [1.54, 1.807) is 0 Å². The topological polar surface area (TPSA) is 93.9 Å². The highest BCUT2D eigenvalue weighted by atomic mass is 16.5. The Bertz CT molecular complexity index is 1020. The summed E-state index contributed by atoms with van der Waals surface area (Å²) in [6.45, 7) is 14.1. The Morgan fingerprint density at radius 1 is 0.533 bits per heavy atom. The minimum Gasteiger partial charge on any atom is -0.465 e. The van der Waals surface area contributed by atoms with Crippen molar-refractivity contribution in [2.75, 3.05) is 32.9 Å². The molecule has 2 atom stereocenters. The monoisotopic (exact) mass is 846 g/mol. The number of esters is 2. The van der Waals surface area contributed by atoms with E-state index in [0.29, 0.717) is 13.2 Å². The van der Waals surface area contributed by atoms with E-state index in [2.05, 4.69) is 43.4 Å². The molecule has 2 unspecified atom stereocenters. The molecule has 8 nitrogen and oxygen atoms in total. The number of hydrogen-bond donors (Lipinski definition) is 1. The Morgan fingerprint density at radius 2 is 0.917 bits per heavy atom. The van der Waals surface area contributed by atoms with Gasteiger partial charge >= 0.3 is 11.9 Å². The maximum Gasteiger partial charge on any atom is 0.308 e. The average Bonchev–Trinajstić information content (AvgIpc) is 3.70. The molecule has 1 aromatic heterocycles. The van der Waals surface area contributed by atoms with Crippen LogP contribution in [-0.4, -0.2) is 64.4 Å². The van der Waals surface area contributed by atoms with Crippen LogP contribution in [0.2, 0.25) is 0 Å². The number of ether oxygens (including phenoxy) is 2. The van der Waals surface area contributed by atoms with Crippen molar-refractivity contribution in [1.82, 2.24) is 14.5 Å². The number of aliphatic hydroxyl groups is 1. The van der Waals surface area contributed by atoms with Gasteiger partial charge in [0.15, 0.2) is 0 Å². The van der Waals surface area contributed by atoms with E-state index in [9.17, 15) is 14.7 Å². The number of hydrogen-bond acceptors (Lipinski definition) is 7. The SMILES string of the molecule is CCCCCCCCC(CCCCCC)C(=O)OCCCCCCN(CCCCCCOC(=O)C(CCCCCC)CCCCCCCC)Cc1cn(CCCCO)cn1. The van der Waals surface area contributed by atoms with Crippen molar-refractivity contribution in [3.63, 3.8) is 0 Å². The molecular formula is C52H99N3O5. The third-order valence-electron chi connectivity index (χ3n) is 12.4. The molecule has 352 valence electrons. The fraction of sp³-hybridized carbons (Fsp3) is 0.904. The number of rotatable bonds is 46. The van der Waals surface area contributed by atoms with Gasteiger partial charge in [0.05, 0.1) is 37.1 Å². The Hall–Kier alpha value is -1.93. The zero-order chi connectivity index (χ0) is 43.6. The number of carbonyl (C=O) groups excluding carboxylic acids is 2. The van der Waals surface area contributed by atoms with Crippen molar-refractivity contribution in [2.24, 2.45) is 11.8 Å². The van der Waals surface area contributed by atoms with Crippen LogP contribution in [0.3, 0.4) is 0 Å². The molecule has 8 heteroatoms. The van der Waals surface area contributed by atoms with Crippen molar-refractivity contribution in [3.8, 4) is 0 Å². The van der Waals surface area contributed by atoms with Gasteiger partial charge in [0, 0.05) is 25.9 Å². The fourth-order valence-corrected chi connectivity index (χ4v) is 8.42. The number of imidazole rings is 1. The van der Waals surface area contributed by atoms with Crippen LogP contribution in [0, 0.1) is 11.8 Å². The summed E-state index contributed by atoms with van der Waals surface area (Å²) in [5.74, 6) is 0.246. The van der Waals surface area contributed by atoms with Crippen molar-refractivity contribution in [1.29, 1.82) is 0 Å². The number of aromatic nitrogens is 2. The number of unbranched alkanes of at least 4 members (excludes halogenated alkanes) is 23. The van der Waals surface area contributed by atoms with E-state index >= 15 is 0 Å². The Balaban J connectivity index is 2.51. The molecular weight excluding hydrogens is 747 g/mol. The Morgan fingerprint density at radius 3 is 1.35 bits per heavy atom. The molecule has 0 saturated carbocycles. The van der Waals surface area contributed by atoms with Gasteiger partial charge < -0.3 is 19.1 Å². The molecule has 0 saturated heterocycles. The van der Waals surface area contributed by atoms with Crippen LogP contribution in [0.15, 0.2) is 12.5 Å². The van der Waals surface area contributed by atoms with E-state index in [1.165, 1.54) is 103 Å². The summed E-state index contributed by atoms with van der Waals surface area (Å²) >= 11 is 0. The largest absolute Gasteiger partial charge is 0.465 e. The number of nitrogens with zero attached hydrogens (tertiary/aromatic N) is 3. The lowest BCUT2D eigenvalue weighted by Crippen LogP contribution is -2.26. The Kier molecular flexibility index (Phi) is 39.6. The summed E-state index contributed by atoms with van der Waals surface area (Å²) in [4.78, 5) is 33.5. The number of carbonyl (C=O) groups is 2. The second kappa shape index (κ2) is 42.4. The van der Waals surface area contributed by atoms with Crippen LogP contribution >= 0.6 is 0 Å². The van der Waals surface area contributed by atoms with Crippen molar-refractivity contribution in [2.45, 2.75) is 259 Å². The maximum absolute atomic E-state index is 13.1. The molecule has 1 aromatic rings. The second-order valence-electron chi connectivity index (χ2n) is 18.2.